The Morgan fingerprint density at radius 1 is 1.35 bits per heavy atom. The SMILES string of the molecule is Cc1ccc(/C=C/C(=O)NC(CCO)C(=O)O)c(C)c1. The minimum Gasteiger partial charge on any atom is -0.480 e. The first-order valence-electron chi connectivity index (χ1n) is 6.33. The number of carboxylic acid groups (broad SMARTS) is 1. The zero-order valence-electron chi connectivity index (χ0n) is 11.6. The Labute approximate surface area is 117 Å². The molecule has 0 aliphatic carbocycles. The Morgan fingerprint density at radius 3 is 2.60 bits per heavy atom. The first kappa shape index (κ1) is 15.9. The number of hydrogen-bond acceptors (Lipinski definition) is 3. The molecule has 5 nitrogen and oxygen atoms in total. The molecule has 0 saturated carbocycles. The average Bonchev–Trinajstić information content (AvgIpc) is 2.37. The molecular formula is C15H19NO4. The molecule has 0 aliphatic heterocycles. The van der Waals surface area contributed by atoms with Crippen LogP contribution in [0.15, 0.2) is 24.3 Å². The fourth-order valence-corrected chi connectivity index (χ4v) is 1.78. The monoisotopic (exact) mass is 277 g/mol. The predicted octanol–water partition coefficient (Wildman–Crippen LogP) is 1.27. The fraction of sp³-hybridized carbons (Fsp3) is 0.333. The van der Waals surface area contributed by atoms with Gasteiger partial charge >= 0.3 is 5.97 Å². The zero-order chi connectivity index (χ0) is 15.1. The number of aliphatic carboxylic acids is 1. The highest BCUT2D eigenvalue weighted by Gasteiger charge is 2.17. The zero-order valence-corrected chi connectivity index (χ0v) is 11.6. The summed E-state index contributed by atoms with van der Waals surface area (Å²) in [6, 6.07) is 4.77. The summed E-state index contributed by atoms with van der Waals surface area (Å²) in [5, 5.41) is 19.9. The van der Waals surface area contributed by atoms with Gasteiger partial charge in [0, 0.05) is 19.1 Å². The van der Waals surface area contributed by atoms with Crippen molar-refractivity contribution in [1.29, 1.82) is 0 Å². The summed E-state index contributed by atoms with van der Waals surface area (Å²) in [4.78, 5) is 22.5. The van der Waals surface area contributed by atoms with Crippen LogP contribution in [0.2, 0.25) is 0 Å². The lowest BCUT2D eigenvalue weighted by Crippen LogP contribution is -2.40. The van der Waals surface area contributed by atoms with Crippen LogP contribution in [0.4, 0.5) is 0 Å². The number of aryl methyl sites for hydroxylation is 2. The maximum Gasteiger partial charge on any atom is 0.326 e. The molecule has 0 heterocycles. The Bertz CT molecular complexity index is 523. The topological polar surface area (TPSA) is 86.6 Å². The lowest BCUT2D eigenvalue weighted by molar-refractivity contribution is -0.141. The highest BCUT2D eigenvalue weighted by molar-refractivity contribution is 5.94. The average molecular weight is 277 g/mol. The number of amides is 1. The van der Waals surface area contributed by atoms with Crippen LogP contribution in [0.3, 0.4) is 0 Å². The van der Waals surface area contributed by atoms with Crippen LogP contribution in [0.5, 0.6) is 0 Å². The molecule has 0 radical (unpaired) electrons. The maximum absolute atomic E-state index is 11.6. The minimum absolute atomic E-state index is 0.0154. The van der Waals surface area contributed by atoms with Crippen molar-refractivity contribution in [2.45, 2.75) is 26.3 Å². The number of rotatable bonds is 6. The number of hydrogen-bond donors (Lipinski definition) is 3. The van der Waals surface area contributed by atoms with Crippen LogP contribution < -0.4 is 5.32 Å². The van der Waals surface area contributed by atoms with Gasteiger partial charge in [-0.15, -0.1) is 0 Å². The molecule has 3 N–H and O–H groups in total. The summed E-state index contributed by atoms with van der Waals surface area (Å²) in [6.45, 7) is 3.63. The minimum atomic E-state index is -1.16. The third-order valence-electron chi connectivity index (χ3n) is 2.87. The van der Waals surface area contributed by atoms with Gasteiger partial charge in [-0.1, -0.05) is 23.8 Å². The molecule has 0 fully saturated rings. The highest BCUT2D eigenvalue weighted by atomic mass is 16.4. The lowest BCUT2D eigenvalue weighted by Gasteiger charge is -2.11. The second-order valence-corrected chi connectivity index (χ2v) is 4.61. The van der Waals surface area contributed by atoms with Gasteiger partial charge in [-0.25, -0.2) is 4.79 Å². The highest BCUT2D eigenvalue weighted by Crippen LogP contribution is 2.11. The van der Waals surface area contributed by atoms with Crippen molar-refractivity contribution in [2.75, 3.05) is 6.61 Å². The summed E-state index contributed by atoms with van der Waals surface area (Å²) in [5.74, 6) is -1.65. The standard InChI is InChI=1S/C15H19NO4/c1-10-3-4-12(11(2)9-10)5-6-14(18)16-13(7-8-17)15(19)20/h3-6,9,13,17H,7-8H2,1-2H3,(H,16,18)(H,19,20)/b6-5+. The van der Waals surface area contributed by atoms with Crippen LogP contribution in [0.25, 0.3) is 6.08 Å². The van der Waals surface area contributed by atoms with E-state index in [0.29, 0.717) is 0 Å². The molecule has 108 valence electrons. The Balaban J connectivity index is 2.69. The van der Waals surface area contributed by atoms with E-state index < -0.39 is 17.9 Å². The van der Waals surface area contributed by atoms with E-state index >= 15 is 0 Å². The molecule has 0 aliphatic rings. The number of benzene rings is 1. The number of aliphatic hydroxyl groups excluding tert-OH is 1. The van der Waals surface area contributed by atoms with Crippen molar-refractivity contribution in [3.63, 3.8) is 0 Å². The van der Waals surface area contributed by atoms with E-state index in [0.717, 1.165) is 16.7 Å². The second-order valence-electron chi connectivity index (χ2n) is 4.61. The van der Waals surface area contributed by atoms with Gasteiger partial charge in [-0.05, 0) is 31.1 Å². The smallest absolute Gasteiger partial charge is 0.326 e. The first-order chi connectivity index (χ1) is 9.43. The molecule has 1 amide bonds. The van der Waals surface area contributed by atoms with Crippen LogP contribution >= 0.6 is 0 Å². The molecule has 1 rings (SSSR count). The normalized spacial score (nSPS) is 12.3. The Kier molecular flexibility index (Phi) is 5.93. The number of carboxylic acids is 1. The molecule has 5 heteroatoms. The molecular weight excluding hydrogens is 258 g/mol. The first-order valence-corrected chi connectivity index (χ1v) is 6.33. The third-order valence-corrected chi connectivity index (χ3v) is 2.87. The van der Waals surface area contributed by atoms with E-state index in [4.69, 9.17) is 10.2 Å². The largest absolute Gasteiger partial charge is 0.480 e. The maximum atomic E-state index is 11.6. The Hall–Kier alpha value is -2.14. The van der Waals surface area contributed by atoms with Crippen molar-refractivity contribution in [3.05, 3.63) is 41.0 Å². The summed E-state index contributed by atoms with van der Waals surface area (Å²) in [5.41, 5.74) is 3.08. The van der Waals surface area contributed by atoms with E-state index in [-0.39, 0.29) is 13.0 Å². The van der Waals surface area contributed by atoms with Crippen LogP contribution in [0, 0.1) is 13.8 Å². The summed E-state index contributed by atoms with van der Waals surface area (Å²) in [6.07, 6.45) is 2.92. The number of aliphatic hydroxyl groups is 1. The van der Waals surface area contributed by atoms with Crippen molar-refractivity contribution >= 4 is 18.0 Å². The third kappa shape index (κ3) is 4.85. The summed E-state index contributed by atoms with van der Waals surface area (Å²) < 4.78 is 0. The van der Waals surface area contributed by atoms with Crippen molar-refractivity contribution < 1.29 is 19.8 Å². The van der Waals surface area contributed by atoms with Crippen LogP contribution in [0.1, 0.15) is 23.1 Å². The summed E-state index contributed by atoms with van der Waals surface area (Å²) in [7, 11) is 0. The molecule has 0 spiro atoms. The van der Waals surface area contributed by atoms with E-state index in [9.17, 15) is 9.59 Å². The fourth-order valence-electron chi connectivity index (χ4n) is 1.78. The van der Waals surface area contributed by atoms with Gasteiger partial charge in [-0.3, -0.25) is 4.79 Å². The molecule has 1 unspecified atom stereocenters. The van der Waals surface area contributed by atoms with E-state index in [1.54, 1.807) is 6.08 Å². The molecule has 0 saturated heterocycles. The van der Waals surface area contributed by atoms with Crippen molar-refractivity contribution in [1.82, 2.24) is 5.32 Å². The molecule has 20 heavy (non-hydrogen) atoms. The predicted molar refractivity (Wildman–Crippen MR) is 76.2 cm³/mol. The van der Waals surface area contributed by atoms with Crippen LogP contribution in [-0.2, 0) is 9.59 Å². The van der Waals surface area contributed by atoms with E-state index in [2.05, 4.69) is 5.32 Å². The van der Waals surface area contributed by atoms with Crippen LogP contribution in [-0.4, -0.2) is 34.7 Å². The van der Waals surface area contributed by atoms with E-state index in [1.165, 1.54) is 6.08 Å². The molecule has 0 aromatic heterocycles. The number of carbonyl (C=O) groups excluding carboxylic acids is 1. The van der Waals surface area contributed by atoms with Crippen molar-refractivity contribution in [2.24, 2.45) is 0 Å². The second kappa shape index (κ2) is 7.45. The van der Waals surface area contributed by atoms with Gasteiger partial charge in [0.1, 0.15) is 6.04 Å². The quantitative estimate of drug-likeness (QED) is 0.683. The van der Waals surface area contributed by atoms with Gasteiger partial charge in [0.15, 0.2) is 0 Å². The van der Waals surface area contributed by atoms with Gasteiger partial charge < -0.3 is 15.5 Å². The lowest BCUT2D eigenvalue weighted by atomic mass is 10.1. The summed E-state index contributed by atoms with van der Waals surface area (Å²) >= 11 is 0. The van der Waals surface area contributed by atoms with Gasteiger partial charge in [-0.2, -0.15) is 0 Å². The van der Waals surface area contributed by atoms with Crippen molar-refractivity contribution in [3.8, 4) is 0 Å². The molecule has 1 aromatic rings. The molecule has 0 bridgehead atoms. The van der Waals surface area contributed by atoms with E-state index in [1.807, 2.05) is 32.0 Å². The number of carbonyl (C=O) groups is 2. The molecule has 1 atom stereocenters. The molecule has 1 aromatic carbocycles. The number of nitrogens with one attached hydrogen (secondary N) is 1. The van der Waals surface area contributed by atoms with Gasteiger partial charge in [0.05, 0.1) is 0 Å². The van der Waals surface area contributed by atoms with Gasteiger partial charge in [0.25, 0.3) is 0 Å². The van der Waals surface area contributed by atoms with Gasteiger partial charge in [0.2, 0.25) is 5.91 Å². The Morgan fingerprint density at radius 2 is 2.05 bits per heavy atom.